The maximum atomic E-state index is 12.8. The number of hydrogen-bond donors (Lipinski definition) is 2. The highest BCUT2D eigenvalue weighted by Crippen LogP contribution is 2.44. The Balaban J connectivity index is 1.70. The van der Waals surface area contributed by atoms with Crippen LogP contribution in [-0.4, -0.2) is 31.0 Å². The van der Waals surface area contributed by atoms with Crippen molar-refractivity contribution >= 4 is 11.8 Å². The number of hydrogen-bond acceptors (Lipinski definition) is 3. The number of rotatable bonds is 6. The zero-order valence-electron chi connectivity index (χ0n) is 18.4. The Morgan fingerprint density at radius 3 is 2.07 bits per heavy atom. The Labute approximate surface area is 179 Å². The number of benzene rings is 2. The third-order valence-electron chi connectivity index (χ3n) is 5.72. The predicted octanol–water partition coefficient (Wildman–Crippen LogP) is 4.47. The summed E-state index contributed by atoms with van der Waals surface area (Å²) in [6, 6.07) is 14.9. The molecule has 1 fully saturated rings. The van der Waals surface area contributed by atoms with Crippen LogP contribution in [0.3, 0.4) is 0 Å². The molecule has 0 aromatic heterocycles. The second-order valence-electron chi connectivity index (χ2n) is 9.15. The van der Waals surface area contributed by atoms with E-state index in [1.54, 1.807) is 31.4 Å². The van der Waals surface area contributed by atoms with Crippen LogP contribution in [0.4, 0.5) is 0 Å². The number of methoxy groups -OCH3 is 1. The minimum Gasteiger partial charge on any atom is -0.496 e. The lowest BCUT2D eigenvalue weighted by atomic mass is 9.78. The Kier molecular flexibility index (Phi) is 6.49. The first kappa shape index (κ1) is 21.9. The number of ether oxygens (including phenoxy) is 1. The molecular weight excluding hydrogens is 376 g/mol. The van der Waals surface area contributed by atoms with Crippen LogP contribution in [0.25, 0.3) is 0 Å². The van der Waals surface area contributed by atoms with Gasteiger partial charge in [0, 0.05) is 34.2 Å². The Bertz CT molecular complexity index is 891. The van der Waals surface area contributed by atoms with Crippen molar-refractivity contribution in [1.82, 2.24) is 10.6 Å². The molecule has 160 valence electrons. The van der Waals surface area contributed by atoms with Crippen LogP contribution >= 0.6 is 0 Å². The highest BCUT2D eigenvalue weighted by atomic mass is 16.5. The molecule has 0 atom stereocenters. The molecule has 2 amide bonds. The summed E-state index contributed by atoms with van der Waals surface area (Å²) in [7, 11) is 1.69. The topological polar surface area (TPSA) is 67.4 Å². The second-order valence-corrected chi connectivity index (χ2v) is 9.15. The lowest BCUT2D eigenvalue weighted by Crippen LogP contribution is -2.40. The zero-order chi connectivity index (χ0) is 21.8. The van der Waals surface area contributed by atoms with Gasteiger partial charge >= 0.3 is 0 Å². The van der Waals surface area contributed by atoms with E-state index in [-0.39, 0.29) is 22.8 Å². The summed E-state index contributed by atoms with van der Waals surface area (Å²) in [6.45, 7) is 6.38. The summed E-state index contributed by atoms with van der Waals surface area (Å²) in [5.41, 5.74) is 1.86. The second kappa shape index (κ2) is 8.90. The molecule has 1 aliphatic carbocycles. The van der Waals surface area contributed by atoms with Crippen molar-refractivity contribution in [2.24, 2.45) is 0 Å². The van der Waals surface area contributed by atoms with Gasteiger partial charge in [0.1, 0.15) is 5.75 Å². The minimum atomic E-state index is -0.304. The van der Waals surface area contributed by atoms with Gasteiger partial charge < -0.3 is 15.4 Å². The maximum Gasteiger partial charge on any atom is 0.251 e. The average molecular weight is 409 g/mol. The van der Waals surface area contributed by atoms with E-state index in [4.69, 9.17) is 4.74 Å². The summed E-state index contributed by atoms with van der Waals surface area (Å²) in [6.07, 6.45) is 4.34. The van der Waals surface area contributed by atoms with Gasteiger partial charge in [-0.2, -0.15) is 0 Å². The SMILES string of the molecule is COc1ccccc1C1(CNC(=O)c2ccc(C(=O)NC(C)(C)C)cc2)CCCC1. The molecule has 0 radical (unpaired) electrons. The maximum absolute atomic E-state index is 12.8. The van der Waals surface area contributed by atoms with Crippen molar-refractivity contribution in [2.75, 3.05) is 13.7 Å². The fourth-order valence-corrected chi connectivity index (χ4v) is 4.21. The van der Waals surface area contributed by atoms with E-state index in [0.29, 0.717) is 17.7 Å². The summed E-state index contributed by atoms with van der Waals surface area (Å²) in [5.74, 6) is 0.609. The average Bonchev–Trinajstić information content (AvgIpc) is 3.21. The standard InChI is InChI=1S/C25H32N2O3/c1-24(2,3)27-23(29)19-13-11-18(12-14-19)22(28)26-17-25(15-7-8-16-25)20-9-5-6-10-21(20)30-4/h5-6,9-14H,7-8,15-17H2,1-4H3,(H,26,28)(H,27,29). The number of para-hydroxylation sites is 1. The molecule has 0 heterocycles. The van der Waals surface area contributed by atoms with Gasteiger partial charge in [0.25, 0.3) is 11.8 Å². The van der Waals surface area contributed by atoms with Gasteiger partial charge in [-0.25, -0.2) is 0 Å². The van der Waals surface area contributed by atoms with Crippen molar-refractivity contribution in [3.8, 4) is 5.75 Å². The summed E-state index contributed by atoms with van der Waals surface area (Å²) in [4.78, 5) is 25.1. The lowest BCUT2D eigenvalue weighted by molar-refractivity contribution is 0.0914. The highest BCUT2D eigenvalue weighted by molar-refractivity contribution is 5.98. The molecule has 5 nitrogen and oxygen atoms in total. The molecule has 2 aromatic carbocycles. The van der Waals surface area contributed by atoms with E-state index >= 15 is 0 Å². The molecule has 0 bridgehead atoms. The van der Waals surface area contributed by atoms with E-state index in [1.165, 1.54) is 5.56 Å². The smallest absolute Gasteiger partial charge is 0.251 e. The predicted molar refractivity (Wildman–Crippen MR) is 119 cm³/mol. The molecule has 3 rings (SSSR count). The Morgan fingerprint density at radius 2 is 1.50 bits per heavy atom. The molecule has 30 heavy (non-hydrogen) atoms. The molecule has 0 spiro atoms. The molecule has 0 unspecified atom stereocenters. The number of amides is 2. The molecule has 2 aromatic rings. The monoisotopic (exact) mass is 408 g/mol. The number of carbonyl (C=O) groups excluding carboxylic acids is 2. The third kappa shape index (κ3) is 5.02. The molecule has 0 saturated heterocycles. The summed E-state index contributed by atoms with van der Waals surface area (Å²) >= 11 is 0. The van der Waals surface area contributed by atoms with Crippen LogP contribution in [0.1, 0.15) is 72.7 Å². The normalized spacial score (nSPS) is 15.5. The van der Waals surface area contributed by atoms with Gasteiger partial charge in [-0.05, 0) is 63.9 Å². The molecule has 1 aliphatic rings. The summed E-state index contributed by atoms with van der Waals surface area (Å²) in [5, 5.41) is 6.05. The van der Waals surface area contributed by atoms with Crippen LogP contribution in [0.2, 0.25) is 0 Å². The molecule has 5 heteroatoms. The van der Waals surface area contributed by atoms with E-state index in [1.807, 2.05) is 39.0 Å². The van der Waals surface area contributed by atoms with Gasteiger partial charge in [0.2, 0.25) is 0 Å². The molecule has 2 N–H and O–H groups in total. The van der Waals surface area contributed by atoms with Crippen LogP contribution in [-0.2, 0) is 5.41 Å². The number of carbonyl (C=O) groups is 2. The number of nitrogens with one attached hydrogen (secondary N) is 2. The Morgan fingerprint density at radius 1 is 0.933 bits per heavy atom. The molecular formula is C25H32N2O3. The zero-order valence-corrected chi connectivity index (χ0v) is 18.4. The van der Waals surface area contributed by atoms with Gasteiger partial charge in [-0.15, -0.1) is 0 Å². The van der Waals surface area contributed by atoms with Crippen molar-refractivity contribution in [3.05, 3.63) is 65.2 Å². The fraction of sp³-hybridized carbons (Fsp3) is 0.440. The Hall–Kier alpha value is -2.82. The van der Waals surface area contributed by atoms with Gasteiger partial charge in [0.05, 0.1) is 7.11 Å². The van der Waals surface area contributed by atoms with Gasteiger partial charge in [-0.3, -0.25) is 9.59 Å². The first-order valence-corrected chi connectivity index (χ1v) is 10.6. The van der Waals surface area contributed by atoms with Crippen molar-refractivity contribution in [1.29, 1.82) is 0 Å². The van der Waals surface area contributed by atoms with E-state index in [0.717, 1.165) is 31.4 Å². The van der Waals surface area contributed by atoms with Crippen LogP contribution in [0.5, 0.6) is 5.75 Å². The van der Waals surface area contributed by atoms with E-state index in [9.17, 15) is 9.59 Å². The van der Waals surface area contributed by atoms with Crippen molar-refractivity contribution in [2.45, 2.75) is 57.4 Å². The third-order valence-corrected chi connectivity index (χ3v) is 5.72. The largest absolute Gasteiger partial charge is 0.496 e. The summed E-state index contributed by atoms with van der Waals surface area (Å²) < 4.78 is 5.59. The van der Waals surface area contributed by atoms with Crippen LogP contribution < -0.4 is 15.4 Å². The van der Waals surface area contributed by atoms with E-state index in [2.05, 4.69) is 16.7 Å². The van der Waals surface area contributed by atoms with Crippen molar-refractivity contribution in [3.63, 3.8) is 0 Å². The minimum absolute atomic E-state index is 0.102. The lowest BCUT2D eigenvalue weighted by Gasteiger charge is -2.31. The van der Waals surface area contributed by atoms with Gasteiger partial charge in [0.15, 0.2) is 0 Å². The van der Waals surface area contributed by atoms with Crippen molar-refractivity contribution < 1.29 is 14.3 Å². The van der Waals surface area contributed by atoms with Crippen LogP contribution in [0, 0.1) is 0 Å². The first-order valence-electron chi connectivity index (χ1n) is 10.6. The van der Waals surface area contributed by atoms with Gasteiger partial charge in [-0.1, -0.05) is 31.0 Å². The molecule has 1 saturated carbocycles. The first-order chi connectivity index (χ1) is 14.2. The highest BCUT2D eigenvalue weighted by Gasteiger charge is 2.38. The van der Waals surface area contributed by atoms with Crippen LogP contribution in [0.15, 0.2) is 48.5 Å². The fourth-order valence-electron chi connectivity index (χ4n) is 4.21. The molecule has 0 aliphatic heterocycles. The van der Waals surface area contributed by atoms with E-state index < -0.39 is 0 Å². The quantitative estimate of drug-likeness (QED) is 0.741.